The van der Waals surface area contributed by atoms with Gasteiger partial charge in [0.2, 0.25) is 18.1 Å². The van der Waals surface area contributed by atoms with Gasteiger partial charge in [-0.3, -0.25) is 19.2 Å². The fourth-order valence-electron chi connectivity index (χ4n) is 4.83. The zero-order valence-electron chi connectivity index (χ0n) is 19.6. The third-order valence-electron chi connectivity index (χ3n) is 6.74. The predicted octanol–water partition coefficient (Wildman–Crippen LogP) is 1.75. The highest BCUT2D eigenvalue weighted by atomic mass is 35.5. The number of carbonyl (C=O) groups excluding carboxylic acids is 4. The lowest BCUT2D eigenvalue weighted by atomic mass is 10.1. The summed E-state index contributed by atoms with van der Waals surface area (Å²) in [4.78, 5) is 52.1. The molecule has 4 N–H and O–H groups in total. The summed E-state index contributed by atoms with van der Waals surface area (Å²) >= 11 is 5.99. The van der Waals surface area contributed by atoms with Gasteiger partial charge in [-0.25, -0.2) is 0 Å². The molecule has 190 valence electrons. The molecule has 2 saturated heterocycles. The van der Waals surface area contributed by atoms with Gasteiger partial charge in [-0.05, 0) is 50.8 Å². The Kier molecular flexibility index (Phi) is 7.81. The monoisotopic (exact) mass is 506 g/mol. The molecule has 3 aliphatic rings. The summed E-state index contributed by atoms with van der Waals surface area (Å²) in [5.41, 5.74) is 6.31. The largest absolute Gasteiger partial charge is 0.433 e. The second kappa shape index (κ2) is 10.8. The Bertz CT molecular complexity index is 998. The van der Waals surface area contributed by atoms with Crippen molar-refractivity contribution in [2.75, 3.05) is 12.3 Å². The van der Waals surface area contributed by atoms with E-state index in [9.17, 15) is 19.2 Å². The van der Waals surface area contributed by atoms with Gasteiger partial charge in [-0.15, -0.1) is 0 Å². The molecule has 1 saturated carbocycles. The molecule has 11 heteroatoms. The second-order valence-electron chi connectivity index (χ2n) is 9.34. The summed E-state index contributed by atoms with van der Waals surface area (Å²) < 4.78 is 11.2. The van der Waals surface area contributed by atoms with Gasteiger partial charge in [0, 0.05) is 12.1 Å². The van der Waals surface area contributed by atoms with E-state index in [2.05, 4.69) is 10.6 Å². The summed E-state index contributed by atoms with van der Waals surface area (Å²) in [5, 5.41) is 5.77. The summed E-state index contributed by atoms with van der Waals surface area (Å²) in [6.45, 7) is 1.97. The summed E-state index contributed by atoms with van der Waals surface area (Å²) in [5.74, 6) is -1.61. The van der Waals surface area contributed by atoms with Crippen molar-refractivity contribution < 1.29 is 28.7 Å². The molecule has 10 nitrogen and oxygen atoms in total. The lowest BCUT2D eigenvalue weighted by Gasteiger charge is -2.29. The third-order valence-corrected chi connectivity index (χ3v) is 7.07. The van der Waals surface area contributed by atoms with E-state index in [4.69, 9.17) is 26.8 Å². The molecule has 0 radical (unpaired) electrons. The fourth-order valence-corrected chi connectivity index (χ4v) is 5.01. The van der Waals surface area contributed by atoms with E-state index >= 15 is 0 Å². The zero-order valence-corrected chi connectivity index (χ0v) is 20.4. The van der Waals surface area contributed by atoms with Crippen molar-refractivity contribution in [2.24, 2.45) is 0 Å². The first-order valence-corrected chi connectivity index (χ1v) is 12.4. The van der Waals surface area contributed by atoms with Crippen molar-refractivity contribution in [3.05, 3.63) is 28.8 Å². The molecular formula is C24H31ClN4O6. The quantitative estimate of drug-likeness (QED) is 0.378. The summed E-state index contributed by atoms with van der Waals surface area (Å²) in [6, 6.07) is 2.32. The van der Waals surface area contributed by atoms with E-state index in [0.29, 0.717) is 25.1 Å². The topological polar surface area (TPSA) is 140 Å². The van der Waals surface area contributed by atoms with Crippen LogP contribution in [0.2, 0.25) is 5.02 Å². The highest BCUT2D eigenvalue weighted by Gasteiger charge is 2.42. The number of nitrogen functional groups attached to an aromatic ring is 1. The minimum Gasteiger partial charge on any atom is -0.433 e. The number of rotatable bonds is 7. The van der Waals surface area contributed by atoms with Crippen LogP contribution in [0.5, 0.6) is 0 Å². The molecule has 4 atom stereocenters. The first-order chi connectivity index (χ1) is 16.7. The molecule has 1 aromatic carbocycles. The molecule has 3 amide bonds. The van der Waals surface area contributed by atoms with Gasteiger partial charge in [-0.2, -0.15) is 0 Å². The molecule has 0 aromatic heterocycles. The van der Waals surface area contributed by atoms with Crippen LogP contribution in [0.25, 0.3) is 0 Å². The molecule has 2 heterocycles. The molecule has 1 aliphatic carbocycles. The number of nitrogens with two attached hydrogens (primary N) is 1. The zero-order chi connectivity index (χ0) is 25.1. The minimum atomic E-state index is -0.859. The molecule has 2 aliphatic heterocycles. The first-order valence-electron chi connectivity index (χ1n) is 12.0. The Morgan fingerprint density at radius 3 is 2.66 bits per heavy atom. The first kappa shape index (κ1) is 25.2. The lowest BCUT2D eigenvalue weighted by molar-refractivity contribution is -0.176. The Labute approximate surface area is 208 Å². The van der Waals surface area contributed by atoms with E-state index in [-0.39, 0.29) is 34.9 Å². The molecule has 0 spiro atoms. The highest BCUT2D eigenvalue weighted by Crippen LogP contribution is 2.27. The molecule has 4 rings (SSSR count). The van der Waals surface area contributed by atoms with Gasteiger partial charge in [0.15, 0.2) is 0 Å². The van der Waals surface area contributed by atoms with Crippen molar-refractivity contribution in [1.82, 2.24) is 15.5 Å². The van der Waals surface area contributed by atoms with Crippen LogP contribution in [0.15, 0.2) is 18.2 Å². The van der Waals surface area contributed by atoms with Crippen molar-refractivity contribution in [1.29, 1.82) is 0 Å². The van der Waals surface area contributed by atoms with Crippen molar-refractivity contribution in [3.8, 4) is 0 Å². The maximum absolute atomic E-state index is 13.1. The van der Waals surface area contributed by atoms with Crippen molar-refractivity contribution in [3.63, 3.8) is 0 Å². The van der Waals surface area contributed by atoms with Crippen LogP contribution < -0.4 is 16.4 Å². The number of benzene rings is 1. The Hall–Kier alpha value is -2.85. The van der Waals surface area contributed by atoms with Gasteiger partial charge >= 0.3 is 5.97 Å². The molecular weight excluding hydrogens is 476 g/mol. The van der Waals surface area contributed by atoms with E-state index in [1.165, 1.54) is 23.1 Å². The molecule has 35 heavy (non-hydrogen) atoms. The Balaban J connectivity index is 1.35. The number of halogens is 1. The molecule has 1 unspecified atom stereocenters. The van der Waals surface area contributed by atoms with Gasteiger partial charge in [-0.1, -0.05) is 24.4 Å². The van der Waals surface area contributed by atoms with Crippen LogP contribution in [0, 0.1) is 0 Å². The van der Waals surface area contributed by atoms with Crippen molar-refractivity contribution in [2.45, 2.75) is 82.4 Å². The minimum absolute atomic E-state index is 0.0234. The number of carbonyl (C=O) groups is 4. The van der Waals surface area contributed by atoms with Gasteiger partial charge in [0.1, 0.15) is 18.1 Å². The van der Waals surface area contributed by atoms with E-state index in [1.54, 1.807) is 6.92 Å². The van der Waals surface area contributed by atoms with Crippen LogP contribution in [0.3, 0.4) is 0 Å². The van der Waals surface area contributed by atoms with Crippen LogP contribution in [0.4, 0.5) is 5.69 Å². The Morgan fingerprint density at radius 1 is 1.20 bits per heavy atom. The van der Waals surface area contributed by atoms with Gasteiger partial charge in [0.25, 0.3) is 5.91 Å². The second-order valence-corrected chi connectivity index (χ2v) is 9.75. The number of ether oxygens (including phenoxy) is 2. The standard InChI is InChI=1S/C24H31ClN4O6/c1-13(27-21(31)14-8-9-17(26)16(25)11-14)23(33)29-10-4-7-19(29)22(32)28-18-12-20(30)35-24(18)34-15-5-2-3-6-15/h8-9,11,13,15,18-19,24H,2-7,10,12,26H2,1H3,(H,27,31)(H,28,32)/t13-,18-,19-,24?/m0/s1. The van der Waals surface area contributed by atoms with Gasteiger partial charge in [0.05, 0.1) is 23.2 Å². The Morgan fingerprint density at radius 2 is 1.94 bits per heavy atom. The smallest absolute Gasteiger partial charge is 0.310 e. The molecule has 0 bridgehead atoms. The summed E-state index contributed by atoms with van der Waals surface area (Å²) in [6.07, 6.45) is 4.34. The number of esters is 1. The van der Waals surface area contributed by atoms with Crippen LogP contribution in [-0.4, -0.2) is 65.7 Å². The average molecular weight is 507 g/mol. The average Bonchev–Trinajstić information content (AvgIpc) is 3.57. The van der Waals surface area contributed by atoms with Crippen LogP contribution in [0.1, 0.15) is 62.2 Å². The van der Waals surface area contributed by atoms with Crippen LogP contribution >= 0.6 is 11.6 Å². The number of likely N-dealkylation sites (tertiary alicyclic amines) is 1. The number of hydrogen-bond donors (Lipinski definition) is 3. The summed E-state index contributed by atoms with van der Waals surface area (Å²) in [7, 11) is 0. The SMILES string of the molecule is C[C@H](NC(=O)c1ccc(N)c(Cl)c1)C(=O)N1CCC[C@H]1C(=O)N[C@H]1CC(=O)OC1OC1CCCC1. The van der Waals surface area contributed by atoms with Gasteiger partial charge < -0.3 is 30.7 Å². The maximum atomic E-state index is 13.1. The number of nitrogens with one attached hydrogen (secondary N) is 2. The van der Waals surface area contributed by atoms with E-state index in [1.807, 2.05) is 0 Å². The number of nitrogens with zero attached hydrogens (tertiary/aromatic N) is 1. The van der Waals surface area contributed by atoms with E-state index < -0.39 is 36.3 Å². The normalized spacial score (nSPS) is 25.4. The van der Waals surface area contributed by atoms with Crippen LogP contribution in [-0.2, 0) is 23.9 Å². The predicted molar refractivity (Wildman–Crippen MR) is 127 cm³/mol. The fraction of sp³-hybridized carbons (Fsp3) is 0.583. The number of anilines is 1. The molecule has 3 fully saturated rings. The molecule has 1 aromatic rings. The maximum Gasteiger partial charge on any atom is 0.310 e. The number of hydrogen-bond acceptors (Lipinski definition) is 7. The highest BCUT2D eigenvalue weighted by molar-refractivity contribution is 6.33. The number of cyclic esters (lactones) is 1. The third kappa shape index (κ3) is 5.87. The lowest BCUT2D eigenvalue weighted by Crippen LogP contribution is -2.54. The van der Waals surface area contributed by atoms with E-state index in [0.717, 1.165) is 25.7 Å². The number of amides is 3. The van der Waals surface area contributed by atoms with Crippen molar-refractivity contribution >= 4 is 41.0 Å².